The monoisotopic (exact) mass is 580 g/mol. The van der Waals surface area contributed by atoms with Crippen molar-refractivity contribution in [2.24, 2.45) is 11.8 Å². The number of allylic oxidation sites excluding steroid dienone is 6. The minimum atomic E-state index is -0.572. The fourth-order valence-electron chi connectivity index (χ4n) is 6.51. The van der Waals surface area contributed by atoms with Crippen molar-refractivity contribution in [3.05, 3.63) is 104 Å². The van der Waals surface area contributed by atoms with Crippen molar-refractivity contribution in [3.63, 3.8) is 0 Å². The first kappa shape index (κ1) is 29.1. The van der Waals surface area contributed by atoms with E-state index < -0.39 is 5.76 Å². The number of nitrogens with zero attached hydrogens (tertiary/aromatic N) is 3. The third kappa shape index (κ3) is 5.93. The standard InChI is InChI=1S/C35H40N4O4/c1-4-6-12-30-29(34(40)39(32(36-30)9-5-2)26-15-16-31-25(20-26)17-18-42-31)21-23-13-14-24(19-22(23)3)27-10-7-8-11-28(27)33-37-35(41)43-38-33/h7-8,10-11,13-16,20,22,25,31H,4-6,9,12,17-19,21H2,1-3H3,(H,37,38,41). The molecule has 6 rings (SSSR count). The molecule has 3 aromatic rings. The molecule has 1 N–H and O–H groups in total. The van der Waals surface area contributed by atoms with Crippen molar-refractivity contribution in [3.8, 4) is 11.4 Å². The van der Waals surface area contributed by atoms with Gasteiger partial charge in [-0.3, -0.25) is 18.9 Å². The Morgan fingerprint density at radius 3 is 2.65 bits per heavy atom. The highest BCUT2D eigenvalue weighted by molar-refractivity contribution is 5.80. The van der Waals surface area contributed by atoms with E-state index >= 15 is 0 Å². The van der Waals surface area contributed by atoms with Gasteiger partial charge < -0.3 is 4.74 Å². The van der Waals surface area contributed by atoms with Gasteiger partial charge in [-0.15, -0.1) is 0 Å². The van der Waals surface area contributed by atoms with E-state index in [1.54, 1.807) is 0 Å². The summed E-state index contributed by atoms with van der Waals surface area (Å²) in [6.07, 6.45) is 17.7. The maximum Gasteiger partial charge on any atom is 0.439 e. The van der Waals surface area contributed by atoms with Crippen LogP contribution in [-0.4, -0.2) is 32.4 Å². The van der Waals surface area contributed by atoms with Crippen LogP contribution in [0.4, 0.5) is 0 Å². The number of aromatic amines is 1. The smallest absolute Gasteiger partial charge is 0.374 e. The first-order valence-corrected chi connectivity index (χ1v) is 15.7. The molecule has 1 aliphatic heterocycles. The molecular formula is C35H40N4O4. The molecule has 1 saturated heterocycles. The Balaban J connectivity index is 1.39. The maximum atomic E-state index is 14.4. The summed E-state index contributed by atoms with van der Waals surface area (Å²) < 4.78 is 12.5. The van der Waals surface area contributed by atoms with Crippen molar-refractivity contribution in [1.29, 1.82) is 0 Å². The van der Waals surface area contributed by atoms with E-state index in [4.69, 9.17) is 14.2 Å². The van der Waals surface area contributed by atoms with E-state index in [1.165, 1.54) is 5.57 Å². The molecular weight excluding hydrogens is 540 g/mol. The zero-order chi connectivity index (χ0) is 29.9. The summed E-state index contributed by atoms with van der Waals surface area (Å²) in [5.41, 5.74) is 6.94. The molecule has 43 heavy (non-hydrogen) atoms. The molecule has 0 radical (unpaired) electrons. The van der Waals surface area contributed by atoms with Crippen LogP contribution in [0.5, 0.6) is 0 Å². The summed E-state index contributed by atoms with van der Waals surface area (Å²) in [6.45, 7) is 7.28. The Morgan fingerprint density at radius 1 is 1.07 bits per heavy atom. The lowest BCUT2D eigenvalue weighted by atomic mass is 9.81. The van der Waals surface area contributed by atoms with Gasteiger partial charge in [0.25, 0.3) is 5.56 Å². The number of fused-ring (bicyclic) bond motifs is 1. The summed E-state index contributed by atoms with van der Waals surface area (Å²) in [4.78, 5) is 33.9. The summed E-state index contributed by atoms with van der Waals surface area (Å²) >= 11 is 0. The molecule has 0 amide bonds. The van der Waals surface area contributed by atoms with Gasteiger partial charge in [0.2, 0.25) is 0 Å². The maximum absolute atomic E-state index is 14.4. The number of benzene rings is 1. The van der Waals surface area contributed by atoms with E-state index in [1.807, 2.05) is 34.9 Å². The predicted molar refractivity (Wildman–Crippen MR) is 168 cm³/mol. The molecule has 8 nitrogen and oxygen atoms in total. The van der Waals surface area contributed by atoms with Crippen LogP contribution in [0.15, 0.2) is 74.3 Å². The highest BCUT2D eigenvalue weighted by atomic mass is 16.5. The number of H-pyrrole nitrogens is 1. The molecule has 3 aliphatic rings. The lowest BCUT2D eigenvalue weighted by Gasteiger charge is -2.25. The Bertz CT molecular complexity index is 1730. The summed E-state index contributed by atoms with van der Waals surface area (Å²) in [6, 6.07) is 7.90. The number of aryl methyl sites for hydroxylation is 2. The van der Waals surface area contributed by atoms with Crippen LogP contribution in [0.1, 0.15) is 75.5 Å². The second-order valence-electron chi connectivity index (χ2n) is 11.9. The molecule has 0 saturated carbocycles. The number of rotatable bonds is 10. The van der Waals surface area contributed by atoms with Crippen LogP contribution >= 0.6 is 0 Å². The average Bonchev–Trinajstić information content (AvgIpc) is 3.67. The van der Waals surface area contributed by atoms with Gasteiger partial charge in [0.05, 0.1) is 11.8 Å². The van der Waals surface area contributed by atoms with Crippen molar-refractivity contribution in [2.45, 2.75) is 78.2 Å². The highest BCUT2D eigenvalue weighted by Gasteiger charge is 2.29. The van der Waals surface area contributed by atoms with Crippen molar-refractivity contribution in [2.75, 3.05) is 6.61 Å². The van der Waals surface area contributed by atoms with Crippen LogP contribution in [-0.2, 0) is 24.0 Å². The molecule has 224 valence electrons. The van der Waals surface area contributed by atoms with Gasteiger partial charge in [0.1, 0.15) is 5.82 Å². The van der Waals surface area contributed by atoms with Gasteiger partial charge in [0, 0.05) is 42.2 Å². The topological polar surface area (TPSA) is 103 Å². The van der Waals surface area contributed by atoms with E-state index in [0.717, 1.165) is 91.0 Å². The predicted octanol–water partition coefficient (Wildman–Crippen LogP) is 6.29. The van der Waals surface area contributed by atoms with Crippen LogP contribution in [0.2, 0.25) is 0 Å². The Morgan fingerprint density at radius 2 is 1.91 bits per heavy atom. The second kappa shape index (κ2) is 12.7. The van der Waals surface area contributed by atoms with Crippen molar-refractivity contribution >= 4 is 11.3 Å². The zero-order valence-electron chi connectivity index (χ0n) is 25.3. The van der Waals surface area contributed by atoms with Crippen LogP contribution in [0, 0.1) is 11.8 Å². The molecule has 3 atom stereocenters. The number of hydrogen-bond donors (Lipinski definition) is 1. The summed E-state index contributed by atoms with van der Waals surface area (Å²) in [7, 11) is 0. The summed E-state index contributed by atoms with van der Waals surface area (Å²) in [5, 5.41) is 3.91. The quantitative estimate of drug-likeness (QED) is 0.302. The van der Waals surface area contributed by atoms with Gasteiger partial charge in [-0.1, -0.05) is 86.5 Å². The molecule has 3 heterocycles. The van der Waals surface area contributed by atoms with E-state index in [-0.39, 0.29) is 17.6 Å². The largest absolute Gasteiger partial charge is 0.439 e. The lowest BCUT2D eigenvalue weighted by Crippen LogP contribution is -2.31. The molecule has 1 aromatic carbocycles. The second-order valence-corrected chi connectivity index (χ2v) is 11.9. The molecule has 0 bridgehead atoms. The van der Waals surface area contributed by atoms with Gasteiger partial charge in [-0.25, -0.2) is 9.78 Å². The fourth-order valence-corrected chi connectivity index (χ4v) is 6.51. The number of ether oxygens (including phenoxy) is 1. The van der Waals surface area contributed by atoms with E-state index in [9.17, 15) is 9.59 Å². The molecule has 2 aliphatic carbocycles. The van der Waals surface area contributed by atoms with Crippen LogP contribution < -0.4 is 11.3 Å². The minimum absolute atomic E-state index is 0.0565. The van der Waals surface area contributed by atoms with Gasteiger partial charge in [-0.2, -0.15) is 0 Å². The Hall–Kier alpha value is -4.04. The molecule has 8 heteroatoms. The van der Waals surface area contributed by atoms with Gasteiger partial charge >= 0.3 is 5.76 Å². The van der Waals surface area contributed by atoms with Gasteiger partial charge in [0.15, 0.2) is 5.82 Å². The van der Waals surface area contributed by atoms with Crippen molar-refractivity contribution < 1.29 is 9.26 Å². The number of unbranched alkanes of at least 4 members (excludes halogenated alkanes) is 1. The number of nitrogens with one attached hydrogen (secondary N) is 1. The first-order valence-electron chi connectivity index (χ1n) is 15.7. The molecule has 2 aromatic heterocycles. The van der Waals surface area contributed by atoms with Gasteiger partial charge in [-0.05, 0) is 55.2 Å². The first-order chi connectivity index (χ1) is 21.0. The van der Waals surface area contributed by atoms with Crippen molar-refractivity contribution in [1.82, 2.24) is 19.7 Å². The third-order valence-corrected chi connectivity index (χ3v) is 8.86. The van der Waals surface area contributed by atoms with E-state index in [2.05, 4.69) is 55.2 Å². The highest BCUT2D eigenvalue weighted by Crippen LogP contribution is 2.37. The van der Waals surface area contributed by atoms with Crippen LogP contribution in [0.25, 0.3) is 22.7 Å². The minimum Gasteiger partial charge on any atom is -0.374 e. The molecule has 0 spiro atoms. The number of aromatic nitrogens is 4. The zero-order valence-corrected chi connectivity index (χ0v) is 25.3. The molecule has 1 fully saturated rings. The van der Waals surface area contributed by atoms with E-state index in [0.29, 0.717) is 18.2 Å². The number of hydrogen-bond acceptors (Lipinski definition) is 6. The van der Waals surface area contributed by atoms with Crippen LogP contribution in [0.3, 0.4) is 0 Å². The fraction of sp³-hybridized carbons (Fsp3) is 0.429. The molecule has 3 unspecified atom stereocenters. The normalized spacial score (nSPS) is 21.4. The third-order valence-electron chi connectivity index (χ3n) is 8.86. The summed E-state index contributed by atoms with van der Waals surface area (Å²) in [5.74, 6) is 1.22. The average molecular weight is 581 g/mol. The Kier molecular flexibility index (Phi) is 8.56. The Labute approximate surface area is 251 Å². The lowest BCUT2D eigenvalue weighted by molar-refractivity contribution is 0.135. The SMILES string of the molecule is CCCCc1nc(CCC)n(C2=CC3CCOC3C=C2)c(=O)c1CC1=CC=C(c2ccccc2-c2noc(=O)[nH]2)CC1C.